The maximum absolute atomic E-state index is 15.2. The highest BCUT2D eigenvalue weighted by Crippen LogP contribution is 2.65. The molecule has 11 heteroatoms. The molecule has 0 radical (unpaired) electrons. The molecule has 3 fully saturated rings. The lowest BCUT2D eigenvalue weighted by atomic mass is 9.49. The topological polar surface area (TPSA) is 150 Å². The highest BCUT2D eigenvalue weighted by atomic mass is 16.6. The standard InChI is InChI=1S/C40H34N4O7/c1-22-11-13-25(14-12-22)41-43-37(47)32-21-31-28(19-20-29-33(31)38(48)42(36(29)46)26-15-17-27(18-16-26)44(50)51)34(30-10-6-7-23(2)35(30)45)40(32,39(43)49)24-8-4-3-5-9-24/h3-19,29,31-34,41,45H,20-21H2,1-2H3/t29-,31+,32-,33-,34+,40+/m0/s1. The van der Waals surface area contributed by atoms with E-state index >= 15 is 4.79 Å². The summed E-state index contributed by atoms with van der Waals surface area (Å²) in [6, 6.07) is 27.1. The van der Waals surface area contributed by atoms with Crippen LogP contribution < -0.4 is 10.3 Å². The predicted octanol–water partition coefficient (Wildman–Crippen LogP) is 6.11. The maximum Gasteiger partial charge on any atom is 0.269 e. The maximum atomic E-state index is 15.2. The lowest BCUT2D eigenvalue weighted by Gasteiger charge is -2.50. The van der Waals surface area contributed by atoms with Crippen molar-refractivity contribution in [3.05, 3.63) is 141 Å². The molecule has 4 amide bonds. The number of amides is 4. The summed E-state index contributed by atoms with van der Waals surface area (Å²) in [5.41, 5.74) is 5.57. The molecule has 2 aliphatic heterocycles. The molecule has 11 nitrogen and oxygen atoms in total. The van der Waals surface area contributed by atoms with E-state index in [0.717, 1.165) is 21.0 Å². The molecule has 2 N–H and O–H groups in total. The van der Waals surface area contributed by atoms with Crippen molar-refractivity contribution in [1.29, 1.82) is 0 Å². The quantitative estimate of drug-likeness (QED) is 0.107. The summed E-state index contributed by atoms with van der Waals surface area (Å²) in [5, 5.41) is 24.1. The molecule has 6 atom stereocenters. The van der Waals surface area contributed by atoms with Crippen molar-refractivity contribution in [2.45, 2.75) is 38.0 Å². The van der Waals surface area contributed by atoms with Crippen LogP contribution in [-0.2, 0) is 24.6 Å². The van der Waals surface area contributed by atoms with Gasteiger partial charge < -0.3 is 5.11 Å². The number of nitrogens with zero attached hydrogens (tertiary/aromatic N) is 3. The highest BCUT2D eigenvalue weighted by Gasteiger charge is 2.70. The summed E-state index contributed by atoms with van der Waals surface area (Å²) in [6.07, 6.45) is 2.24. The van der Waals surface area contributed by atoms with Gasteiger partial charge in [0.1, 0.15) is 5.75 Å². The number of allylic oxidation sites excluding steroid dienone is 2. The van der Waals surface area contributed by atoms with E-state index in [2.05, 4.69) is 5.43 Å². The Hall–Kier alpha value is -6.10. The normalized spacial score (nSPS) is 26.8. The van der Waals surface area contributed by atoms with E-state index in [4.69, 9.17) is 0 Å². The first-order valence-corrected chi connectivity index (χ1v) is 16.9. The molecule has 4 aliphatic rings. The molecule has 1 saturated carbocycles. The van der Waals surface area contributed by atoms with Gasteiger partial charge in [-0.15, -0.1) is 0 Å². The van der Waals surface area contributed by atoms with Gasteiger partial charge >= 0.3 is 0 Å². The van der Waals surface area contributed by atoms with E-state index in [1.165, 1.54) is 24.3 Å². The molecule has 0 unspecified atom stereocenters. The number of nitro groups is 1. The number of fused-ring (bicyclic) bond motifs is 4. The van der Waals surface area contributed by atoms with Crippen LogP contribution in [-0.4, -0.2) is 38.7 Å². The Morgan fingerprint density at radius 2 is 1.53 bits per heavy atom. The van der Waals surface area contributed by atoms with Gasteiger partial charge in [0.2, 0.25) is 11.8 Å². The molecule has 0 spiro atoms. The Morgan fingerprint density at radius 1 is 0.824 bits per heavy atom. The number of hydrogen-bond donors (Lipinski definition) is 2. The second-order valence-electron chi connectivity index (χ2n) is 13.9. The fourth-order valence-corrected chi connectivity index (χ4v) is 8.98. The Labute approximate surface area is 293 Å². The molecule has 8 rings (SSSR count). The molecule has 0 bridgehead atoms. The fraction of sp³-hybridized carbons (Fsp3) is 0.250. The summed E-state index contributed by atoms with van der Waals surface area (Å²) in [7, 11) is 0. The third-order valence-corrected chi connectivity index (χ3v) is 11.3. The van der Waals surface area contributed by atoms with Crippen LogP contribution in [0.25, 0.3) is 0 Å². The number of phenolic OH excluding ortho intramolecular Hbond substituents is 1. The van der Waals surface area contributed by atoms with E-state index in [9.17, 15) is 29.6 Å². The van der Waals surface area contributed by atoms with Crippen molar-refractivity contribution in [2.24, 2.45) is 23.7 Å². The van der Waals surface area contributed by atoms with Crippen molar-refractivity contribution in [2.75, 3.05) is 10.3 Å². The van der Waals surface area contributed by atoms with Crippen molar-refractivity contribution < 1.29 is 29.2 Å². The SMILES string of the molecule is Cc1ccc(NN2C(=O)[C@@H]3C[C@@H]4C(=CC[C@@H]5C(=O)N(c6ccc([N+](=O)[O-])cc6)C(=O)[C@@H]54)[C@H](c4cccc(C)c4O)[C@]3(c3ccccc3)C2=O)cc1. The first kappa shape index (κ1) is 32.1. The minimum Gasteiger partial charge on any atom is -0.507 e. The number of nitro benzene ring substituents is 1. The number of hydrogen-bond acceptors (Lipinski definition) is 8. The molecule has 4 aromatic rings. The molecule has 0 aromatic heterocycles. The highest BCUT2D eigenvalue weighted by molar-refractivity contribution is 6.22. The van der Waals surface area contributed by atoms with Crippen molar-refractivity contribution >= 4 is 40.7 Å². The van der Waals surface area contributed by atoms with Gasteiger partial charge in [-0.2, -0.15) is 5.01 Å². The zero-order valence-electron chi connectivity index (χ0n) is 27.9. The number of aryl methyl sites for hydroxylation is 2. The summed E-state index contributed by atoms with van der Waals surface area (Å²) < 4.78 is 0. The van der Waals surface area contributed by atoms with E-state index < -0.39 is 63.6 Å². The number of carbonyl (C=O) groups excluding carboxylic acids is 4. The minimum atomic E-state index is -1.50. The molecular weight excluding hydrogens is 648 g/mol. The number of imide groups is 2. The number of non-ortho nitro benzene ring substituents is 1. The van der Waals surface area contributed by atoms with Gasteiger partial charge in [0.25, 0.3) is 17.5 Å². The molecule has 2 saturated heterocycles. The summed E-state index contributed by atoms with van der Waals surface area (Å²) in [6.45, 7) is 3.71. The monoisotopic (exact) mass is 682 g/mol. The third-order valence-electron chi connectivity index (χ3n) is 11.3. The first-order valence-electron chi connectivity index (χ1n) is 16.9. The minimum absolute atomic E-state index is 0.00764. The van der Waals surface area contributed by atoms with Crippen LogP contribution in [0.3, 0.4) is 0 Å². The average Bonchev–Trinajstić information content (AvgIpc) is 3.51. The predicted molar refractivity (Wildman–Crippen MR) is 187 cm³/mol. The van der Waals surface area contributed by atoms with Crippen molar-refractivity contribution in [3.63, 3.8) is 0 Å². The van der Waals surface area contributed by atoms with Crippen LogP contribution >= 0.6 is 0 Å². The van der Waals surface area contributed by atoms with E-state index in [0.29, 0.717) is 22.4 Å². The zero-order valence-corrected chi connectivity index (χ0v) is 27.9. The Bertz CT molecular complexity index is 2170. The number of hydrazine groups is 1. The molecule has 2 aliphatic carbocycles. The zero-order chi connectivity index (χ0) is 35.8. The third kappa shape index (κ3) is 4.64. The first-order chi connectivity index (χ1) is 24.5. The average molecular weight is 683 g/mol. The van der Waals surface area contributed by atoms with Crippen molar-refractivity contribution in [3.8, 4) is 5.75 Å². The molecule has 51 heavy (non-hydrogen) atoms. The molecule has 4 aromatic carbocycles. The smallest absolute Gasteiger partial charge is 0.269 e. The lowest BCUT2D eigenvalue weighted by Crippen LogP contribution is -2.53. The van der Waals surface area contributed by atoms with Gasteiger partial charge in [0.15, 0.2) is 0 Å². The number of carbonyl (C=O) groups is 4. The van der Waals surface area contributed by atoms with E-state index in [-0.39, 0.29) is 30.0 Å². The number of aromatic hydroxyl groups is 1. The molecule has 256 valence electrons. The van der Waals surface area contributed by atoms with Crippen LogP contribution in [0.15, 0.2) is 109 Å². The number of anilines is 2. The van der Waals surface area contributed by atoms with Crippen LogP contribution in [0.2, 0.25) is 0 Å². The fourth-order valence-electron chi connectivity index (χ4n) is 8.98. The van der Waals surface area contributed by atoms with Gasteiger partial charge in [0.05, 0.1) is 39.5 Å². The molecular formula is C40H34N4O7. The van der Waals surface area contributed by atoms with Gasteiger partial charge in [0, 0.05) is 23.6 Å². The van der Waals surface area contributed by atoms with Crippen LogP contribution in [0.4, 0.5) is 17.1 Å². The van der Waals surface area contributed by atoms with E-state index in [1.807, 2.05) is 55.5 Å². The van der Waals surface area contributed by atoms with Crippen LogP contribution in [0.1, 0.15) is 41.0 Å². The Kier molecular flexibility index (Phi) is 7.41. The second-order valence-corrected chi connectivity index (χ2v) is 13.9. The number of phenols is 1. The Balaban J connectivity index is 1.30. The van der Waals surface area contributed by atoms with E-state index in [1.54, 1.807) is 37.3 Å². The van der Waals surface area contributed by atoms with Crippen molar-refractivity contribution in [1.82, 2.24) is 5.01 Å². The second kappa shape index (κ2) is 11.8. The number of para-hydroxylation sites is 1. The van der Waals surface area contributed by atoms with Gasteiger partial charge in [-0.25, -0.2) is 0 Å². The largest absolute Gasteiger partial charge is 0.507 e. The number of rotatable bonds is 6. The summed E-state index contributed by atoms with van der Waals surface area (Å²) >= 11 is 0. The van der Waals surface area contributed by atoms with Gasteiger partial charge in [-0.05, 0) is 68.0 Å². The number of benzene rings is 4. The van der Waals surface area contributed by atoms with Gasteiger partial charge in [-0.3, -0.25) is 39.6 Å². The Morgan fingerprint density at radius 3 is 2.22 bits per heavy atom. The van der Waals surface area contributed by atoms with Crippen LogP contribution in [0, 0.1) is 47.6 Å². The van der Waals surface area contributed by atoms with Crippen LogP contribution in [0.5, 0.6) is 5.75 Å². The van der Waals surface area contributed by atoms with Gasteiger partial charge in [-0.1, -0.05) is 77.9 Å². The summed E-state index contributed by atoms with van der Waals surface area (Å²) in [4.78, 5) is 70.2. The number of nitrogens with one attached hydrogen (secondary N) is 1. The summed E-state index contributed by atoms with van der Waals surface area (Å²) in [5.74, 6) is -5.85. The lowest BCUT2D eigenvalue weighted by molar-refractivity contribution is -0.384. The molecule has 2 heterocycles.